The minimum Gasteiger partial charge on any atom is -0.381 e. The van der Waals surface area contributed by atoms with Crippen molar-refractivity contribution >= 4 is 56.8 Å². The molecule has 0 radical (unpaired) electrons. The van der Waals surface area contributed by atoms with Crippen molar-refractivity contribution in [1.29, 1.82) is 0 Å². The van der Waals surface area contributed by atoms with Crippen LogP contribution < -0.4 is 5.32 Å². The van der Waals surface area contributed by atoms with Crippen molar-refractivity contribution in [3.05, 3.63) is 25.3 Å². The van der Waals surface area contributed by atoms with Crippen LogP contribution in [0.1, 0.15) is 13.8 Å². The molecule has 0 aromatic heterocycles. The van der Waals surface area contributed by atoms with Crippen molar-refractivity contribution < 1.29 is 9.90 Å². The summed E-state index contributed by atoms with van der Waals surface area (Å²) in [7, 11) is 0. The summed E-state index contributed by atoms with van der Waals surface area (Å²) >= 11 is 4.36. The predicted molar refractivity (Wildman–Crippen MR) is 76.8 cm³/mol. The Morgan fingerprint density at radius 2 is 2.00 bits per heavy atom. The molecule has 0 atom stereocenters. The molecule has 0 aliphatic carbocycles. The SMILES string of the molecule is CC(C)(O)C(=O)Nc1cccc(I)c1I. The van der Waals surface area contributed by atoms with E-state index in [0.29, 0.717) is 0 Å². The molecule has 0 bridgehead atoms. The van der Waals surface area contributed by atoms with Crippen LogP contribution in [-0.4, -0.2) is 16.6 Å². The van der Waals surface area contributed by atoms with Gasteiger partial charge in [0.2, 0.25) is 0 Å². The third kappa shape index (κ3) is 3.56. The van der Waals surface area contributed by atoms with Crippen molar-refractivity contribution in [2.75, 3.05) is 5.32 Å². The summed E-state index contributed by atoms with van der Waals surface area (Å²) in [6.07, 6.45) is 0. The molecular formula is C10H11I2NO2. The number of carbonyl (C=O) groups excluding carboxylic acids is 1. The molecule has 5 heteroatoms. The van der Waals surface area contributed by atoms with Crippen LogP contribution in [0.25, 0.3) is 0 Å². The zero-order chi connectivity index (χ0) is 11.6. The molecule has 0 saturated carbocycles. The molecular weight excluding hydrogens is 420 g/mol. The Morgan fingerprint density at radius 1 is 1.40 bits per heavy atom. The van der Waals surface area contributed by atoms with Gasteiger partial charge in [-0.15, -0.1) is 0 Å². The lowest BCUT2D eigenvalue weighted by molar-refractivity contribution is -0.130. The average Bonchev–Trinajstić information content (AvgIpc) is 2.11. The van der Waals surface area contributed by atoms with Gasteiger partial charge < -0.3 is 10.4 Å². The number of carbonyl (C=O) groups is 1. The van der Waals surface area contributed by atoms with Gasteiger partial charge in [0.15, 0.2) is 0 Å². The van der Waals surface area contributed by atoms with Crippen molar-refractivity contribution in [3.63, 3.8) is 0 Å². The smallest absolute Gasteiger partial charge is 0.255 e. The van der Waals surface area contributed by atoms with E-state index in [1.165, 1.54) is 13.8 Å². The Labute approximate surface area is 116 Å². The maximum Gasteiger partial charge on any atom is 0.255 e. The van der Waals surface area contributed by atoms with Crippen molar-refractivity contribution in [2.45, 2.75) is 19.4 Å². The number of halogens is 2. The molecule has 1 aromatic rings. The first-order valence-electron chi connectivity index (χ1n) is 4.30. The molecule has 1 aromatic carbocycles. The summed E-state index contributed by atoms with van der Waals surface area (Å²) in [6.45, 7) is 2.92. The second-order valence-electron chi connectivity index (χ2n) is 3.61. The molecule has 82 valence electrons. The van der Waals surface area contributed by atoms with Crippen molar-refractivity contribution in [1.82, 2.24) is 0 Å². The van der Waals surface area contributed by atoms with E-state index in [0.717, 1.165) is 12.8 Å². The van der Waals surface area contributed by atoms with Crippen LogP contribution in [0.4, 0.5) is 5.69 Å². The molecule has 0 aliphatic rings. The maximum atomic E-state index is 11.5. The second kappa shape index (κ2) is 4.96. The van der Waals surface area contributed by atoms with Gasteiger partial charge in [-0.2, -0.15) is 0 Å². The van der Waals surface area contributed by atoms with E-state index >= 15 is 0 Å². The highest BCUT2D eigenvalue weighted by Crippen LogP contribution is 2.24. The highest BCUT2D eigenvalue weighted by atomic mass is 127. The van der Waals surface area contributed by atoms with E-state index < -0.39 is 11.5 Å². The van der Waals surface area contributed by atoms with E-state index in [-0.39, 0.29) is 0 Å². The molecule has 0 unspecified atom stereocenters. The Balaban J connectivity index is 2.91. The Morgan fingerprint density at radius 3 is 2.53 bits per heavy atom. The number of anilines is 1. The molecule has 0 spiro atoms. The van der Waals surface area contributed by atoms with Gasteiger partial charge in [0, 0.05) is 7.14 Å². The number of aliphatic hydroxyl groups is 1. The molecule has 2 N–H and O–H groups in total. The zero-order valence-electron chi connectivity index (χ0n) is 8.34. The lowest BCUT2D eigenvalue weighted by atomic mass is 10.1. The summed E-state index contributed by atoms with van der Waals surface area (Å²) < 4.78 is 2.05. The standard InChI is InChI=1S/C10H11I2NO2/c1-10(2,15)9(14)13-7-5-3-4-6(11)8(7)12/h3-5,15H,1-2H3,(H,13,14). The first-order chi connectivity index (χ1) is 6.82. The minimum absolute atomic E-state index is 0.401. The fourth-order valence-corrected chi connectivity index (χ4v) is 1.87. The van der Waals surface area contributed by atoms with Crippen LogP contribution in [0.2, 0.25) is 0 Å². The van der Waals surface area contributed by atoms with Crippen LogP contribution in [0.15, 0.2) is 18.2 Å². The topological polar surface area (TPSA) is 49.3 Å². The van der Waals surface area contributed by atoms with Crippen molar-refractivity contribution in [3.8, 4) is 0 Å². The van der Waals surface area contributed by atoms with E-state index in [9.17, 15) is 9.90 Å². The van der Waals surface area contributed by atoms with Crippen LogP contribution in [-0.2, 0) is 4.79 Å². The number of amides is 1. The minimum atomic E-state index is -1.36. The summed E-state index contributed by atoms with van der Waals surface area (Å²) in [6, 6.07) is 5.64. The van der Waals surface area contributed by atoms with Gasteiger partial charge in [-0.05, 0) is 71.2 Å². The highest BCUT2D eigenvalue weighted by molar-refractivity contribution is 14.1. The number of nitrogens with one attached hydrogen (secondary N) is 1. The lowest BCUT2D eigenvalue weighted by Gasteiger charge is -2.17. The molecule has 0 heterocycles. The lowest BCUT2D eigenvalue weighted by Crippen LogP contribution is -2.36. The fraction of sp³-hybridized carbons (Fsp3) is 0.300. The molecule has 0 saturated heterocycles. The van der Waals surface area contributed by atoms with Gasteiger partial charge in [0.1, 0.15) is 5.60 Å². The monoisotopic (exact) mass is 431 g/mol. The van der Waals surface area contributed by atoms with Gasteiger partial charge >= 0.3 is 0 Å². The van der Waals surface area contributed by atoms with Gasteiger partial charge in [-0.25, -0.2) is 0 Å². The van der Waals surface area contributed by atoms with E-state index in [1.54, 1.807) is 0 Å². The number of hydrogen-bond acceptors (Lipinski definition) is 2. The van der Waals surface area contributed by atoms with Gasteiger partial charge in [-0.3, -0.25) is 4.79 Å². The van der Waals surface area contributed by atoms with Crippen LogP contribution in [0.3, 0.4) is 0 Å². The normalized spacial score (nSPS) is 11.3. The van der Waals surface area contributed by atoms with E-state index in [1.807, 2.05) is 18.2 Å². The summed E-state index contributed by atoms with van der Waals surface area (Å²) in [5.41, 5.74) is -0.626. The number of benzene rings is 1. The molecule has 0 fully saturated rings. The summed E-state index contributed by atoms with van der Waals surface area (Å²) in [4.78, 5) is 11.5. The molecule has 15 heavy (non-hydrogen) atoms. The number of rotatable bonds is 2. The fourth-order valence-electron chi connectivity index (χ4n) is 0.876. The average molecular weight is 431 g/mol. The second-order valence-corrected chi connectivity index (χ2v) is 5.86. The summed E-state index contributed by atoms with van der Waals surface area (Å²) in [5, 5.41) is 12.2. The first-order valence-corrected chi connectivity index (χ1v) is 6.46. The Bertz CT molecular complexity index is 385. The van der Waals surface area contributed by atoms with E-state index in [2.05, 4.69) is 50.5 Å². The largest absolute Gasteiger partial charge is 0.381 e. The first kappa shape index (κ1) is 13.2. The predicted octanol–water partition coefficient (Wildman–Crippen LogP) is 2.61. The molecule has 1 rings (SSSR count). The van der Waals surface area contributed by atoms with Crippen LogP contribution >= 0.6 is 45.2 Å². The van der Waals surface area contributed by atoms with E-state index in [4.69, 9.17) is 0 Å². The molecule has 0 aliphatic heterocycles. The van der Waals surface area contributed by atoms with Gasteiger partial charge in [0.05, 0.1) is 5.69 Å². The van der Waals surface area contributed by atoms with Gasteiger partial charge in [0.25, 0.3) is 5.91 Å². The maximum absolute atomic E-state index is 11.5. The number of hydrogen-bond donors (Lipinski definition) is 2. The highest BCUT2D eigenvalue weighted by Gasteiger charge is 2.24. The quantitative estimate of drug-likeness (QED) is 0.708. The van der Waals surface area contributed by atoms with Crippen molar-refractivity contribution in [2.24, 2.45) is 0 Å². The van der Waals surface area contributed by atoms with Crippen LogP contribution in [0.5, 0.6) is 0 Å². The zero-order valence-corrected chi connectivity index (χ0v) is 12.7. The Hall–Kier alpha value is 0.110. The molecule has 1 amide bonds. The summed E-state index contributed by atoms with van der Waals surface area (Å²) in [5.74, 6) is -0.401. The Kier molecular flexibility index (Phi) is 4.36. The van der Waals surface area contributed by atoms with Gasteiger partial charge in [-0.1, -0.05) is 6.07 Å². The third-order valence-corrected chi connectivity index (χ3v) is 4.85. The van der Waals surface area contributed by atoms with Crippen LogP contribution in [0, 0.1) is 7.14 Å². The third-order valence-electron chi connectivity index (χ3n) is 1.76. The molecule has 3 nitrogen and oxygen atoms in total.